The summed E-state index contributed by atoms with van der Waals surface area (Å²) in [5.41, 5.74) is 3.44. The van der Waals surface area contributed by atoms with E-state index in [-0.39, 0.29) is 47.7 Å². The standard InChI is InChI=1S/C42H54BrN3O7/c1-6-52-39(48)23-28(2)14-15-30(4)45(5)20-10-9-13-37(47)38(27-32-24-29(3)40(49)35(43)26-32)53-42(51)46-21-18-31(19-22-46)25-34-17-16-33-11-7-8-12-36(33)44-41(34)50/h7-15,20,24,26,28,30-31,34,38,49H,6,16-19,21-23,25,27H2,1-5H3,(H,44,50)/b13-9+,15-14+,20-10+. The lowest BCUT2D eigenvalue weighted by Gasteiger charge is -2.33. The third-order valence-corrected chi connectivity index (χ3v) is 10.6. The van der Waals surface area contributed by atoms with Crippen LogP contribution in [0.2, 0.25) is 0 Å². The molecule has 0 aromatic heterocycles. The number of fused-ring (bicyclic) bond motifs is 1. The van der Waals surface area contributed by atoms with Crippen LogP contribution in [-0.2, 0) is 36.7 Å². The number of benzene rings is 2. The number of aryl methyl sites for hydroxylation is 2. The Kier molecular flexibility index (Phi) is 15.8. The number of phenolic OH excluding ortho intramolecular Hbond substituents is 1. The van der Waals surface area contributed by atoms with Crippen molar-refractivity contribution >= 4 is 45.4 Å². The van der Waals surface area contributed by atoms with Gasteiger partial charge < -0.3 is 29.7 Å². The van der Waals surface area contributed by atoms with Crippen molar-refractivity contribution in [2.24, 2.45) is 17.8 Å². The number of likely N-dealkylation sites (tertiary alicyclic amines) is 1. The highest BCUT2D eigenvalue weighted by Crippen LogP contribution is 2.32. The number of ether oxygens (including phenoxy) is 2. The average Bonchev–Trinajstić information content (AvgIpc) is 3.28. The number of amides is 2. The molecule has 2 aromatic rings. The molecule has 2 aliphatic heterocycles. The molecule has 4 atom stereocenters. The number of phenols is 1. The van der Waals surface area contributed by atoms with Gasteiger partial charge in [0.1, 0.15) is 5.75 Å². The number of piperidine rings is 1. The zero-order valence-electron chi connectivity index (χ0n) is 31.6. The van der Waals surface area contributed by atoms with Crippen molar-refractivity contribution in [2.75, 3.05) is 32.1 Å². The van der Waals surface area contributed by atoms with Gasteiger partial charge in [-0.1, -0.05) is 49.4 Å². The first-order valence-corrected chi connectivity index (χ1v) is 19.4. The van der Waals surface area contributed by atoms with Gasteiger partial charge in [-0.05, 0) is 128 Å². The Hall–Kier alpha value is -4.38. The lowest BCUT2D eigenvalue weighted by atomic mass is 9.84. The van der Waals surface area contributed by atoms with Crippen LogP contribution in [0.4, 0.5) is 10.5 Å². The van der Waals surface area contributed by atoms with E-state index in [0.717, 1.165) is 48.9 Å². The quantitative estimate of drug-likeness (QED) is 0.0807. The van der Waals surface area contributed by atoms with Gasteiger partial charge in [0.15, 0.2) is 11.9 Å². The number of ketones is 1. The van der Waals surface area contributed by atoms with Crippen LogP contribution < -0.4 is 5.32 Å². The van der Waals surface area contributed by atoms with Gasteiger partial charge in [-0.3, -0.25) is 14.4 Å². The van der Waals surface area contributed by atoms with Crippen LogP contribution in [0, 0.1) is 24.7 Å². The van der Waals surface area contributed by atoms with E-state index in [1.165, 1.54) is 6.08 Å². The van der Waals surface area contributed by atoms with Crippen molar-refractivity contribution in [3.8, 4) is 5.75 Å². The molecule has 11 heteroatoms. The fourth-order valence-electron chi connectivity index (χ4n) is 6.69. The van der Waals surface area contributed by atoms with Crippen LogP contribution in [0.1, 0.15) is 69.6 Å². The van der Waals surface area contributed by atoms with Gasteiger partial charge >= 0.3 is 12.1 Å². The molecule has 2 amide bonds. The fraction of sp³-hybridized carbons (Fsp3) is 0.476. The largest absolute Gasteiger partial charge is 0.506 e. The van der Waals surface area contributed by atoms with Gasteiger partial charge in [-0.25, -0.2) is 4.79 Å². The highest BCUT2D eigenvalue weighted by atomic mass is 79.9. The number of para-hydroxylation sites is 1. The zero-order valence-corrected chi connectivity index (χ0v) is 33.1. The minimum Gasteiger partial charge on any atom is -0.506 e. The van der Waals surface area contributed by atoms with Crippen LogP contribution in [0.5, 0.6) is 5.75 Å². The number of anilines is 1. The number of allylic oxidation sites excluding steroid dienone is 3. The average molecular weight is 793 g/mol. The van der Waals surface area contributed by atoms with E-state index >= 15 is 0 Å². The Balaban J connectivity index is 1.34. The Labute approximate surface area is 322 Å². The number of carbonyl (C=O) groups excluding carboxylic acids is 4. The molecule has 0 bridgehead atoms. The van der Waals surface area contributed by atoms with Crippen LogP contribution in [0.3, 0.4) is 0 Å². The van der Waals surface area contributed by atoms with Crippen LogP contribution in [0.15, 0.2) is 77.5 Å². The number of likely N-dealkylation sites (N-methyl/N-ethyl adjacent to an activating group) is 1. The number of aromatic hydroxyl groups is 1. The summed E-state index contributed by atoms with van der Waals surface area (Å²) < 4.78 is 11.4. The molecule has 2 aromatic carbocycles. The summed E-state index contributed by atoms with van der Waals surface area (Å²) in [5.74, 6) is -0.113. The fourth-order valence-corrected chi connectivity index (χ4v) is 7.29. The molecule has 2 heterocycles. The number of hydrogen-bond donors (Lipinski definition) is 2. The zero-order chi connectivity index (χ0) is 38.5. The molecule has 0 spiro atoms. The second-order valence-corrected chi connectivity index (χ2v) is 15.1. The molecule has 4 unspecified atom stereocenters. The molecule has 10 nitrogen and oxygen atoms in total. The van der Waals surface area contributed by atoms with E-state index in [4.69, 9.17) is 9.47 Å². The summed E-state index contributed by atoms with van der Waals surface area (Å²) >= 11 is 3.38. The summed E-state index contributed by atoms with van der Waals surface area (Å²) in [6.45, 7) is 8.89. The number of carbonyl (C=O) groups is 4. The van der Waals surface area contributed by atoms with Crippen LogP contribution >= 0.6 is 15.9 Å². The van der Waals surface area contributed by atoms with Gasteiger partial charge in [0.2, 0.25) is 5.91 Å². The van der Waals surface area contributed by atoms with Gasteiger partial charge in [0, 0.05) is 44.2 Å². The van der Waals surface area contributed by atoms with Crippen molar-refractivity contribution in [2.45, 2.75) is 84.8 Å². The van der Waals surface area contributed by atoms with E-state index in [2.05, 4.69) is 27.3 Å². The Morgan fingerprint density at radius 1 is 1.09 bits per heavy atom. The maximum Gasteiger partial charge on any atom is 0.410 e. The Morgan fingerprint density at radius 2 is 1.83 bits per heavy atom. The molecule has 0 radical (unpaired) electrons. The third-order valence-electron chi connectivity index (χ3n) is 10.0. The van der Waals surface area contributed by atoms with Gasteiger partial charge in [0.25, 0.3) is 0 Å². The Bertz CT molecular complexity index is 1660. The molecule has 2 aliphatic rings. The molecule has 1 fully saturated rings. The molecule has 0 aliphatic carbocycles. The minimum atomic E-state index is -1.07. The predicted octanol–water partition coefficient (Wildman–Crippen LogP) is 7.92. The van der Waals surface area contributed by atoms with Crippen molar-refractivity contribution in [3.63, 3.8) is 0 Å². The highest BCUT2D eigenvalue weighted by molar-refractivity contribution is 9.10. The normalized spacial score (nSPS) is 18.3. The first kappa shape index (κ1) is 41.4. The molecular formula is C42H54BrN3O7. The van der Waals surface area contributed by atoms with Crippen molar-refractivity contribution in [1.29, 1.82) is 0 Å². The maximum atomic E-state index is 13.5. The number of halogens is 1. The summed E-state index contributed by atoms with van der Waals surface area (Å²) in [6, 6.07) is 11.5. The number of esters is 1. The summed E-state index contributed by atoms with van der Waals surface area (Å²) in [4.78, 5) is 55.4. The van der Waals surface area contributed by atoms with Gasteiger partial charge in [0.05, 0.1) is 17.5 Å². The topological polar surface area (TPSA) is 125 Å². The molecule has 1 saturated heterocycles. The predicted molar refractivity (Wildman–Crippen MR) is 210 cm³/mol. The van der Waals surface area contributed by atoms with E-state index in [9.17, 15) is 24.3 Å². The van der Waals surface area contributed by atoms with Crippen LogP contribution in [0.25, 0.3) is 0 Å². The first-order chi connectivity index (χ1) is 25.3. The number of rotatable bonds is 15. The summed E-state index contributed by atoms with van der Waals surface area (Å²) in [6.07, 6.45) is 13.4. The number of nitrogens with one attached hydrogen (secondary N) is 1. The number of hydrogen-bond acceptors (Lipinski definition) is 8. The van der Waals surface area contributed by atoms with E-state index in [1.807, 2.05) is 62.3 Å². The molecule has 2 N–H and O–H groups in total. The molecule has 0 saturated carbocycles. The van der Waals surface area contributed by atoms with Crippen molar-refractivity contribution < 1.29 is 33.8 Å². The smallest absolute Gasteiger partial charge is 0.410 e. The molecular weight excluding hydrogens is 738 g/mol. The summed E-state index contributed by atoms with van der Waals surface area (Å²) in [7, 11) is 1.92. The SMILES string of the molecule is CCOC(=O)CC(C)/C=C/C(C)N(C)/C=C/C=C/C(=O)C(Cc1cc(C)c(O)c(Br)c1)OC(=O)N1CCC(CC2CCc3ccccc3NC2=O)CC1. The highest BCUT2D eigenvalue weighted by Gasteiger charge is 2.32. The van der Waals surface area contributed by atoms with Crippen molar-refractivity contribution in [1.82, 2.24) is 9.80 Å². The van der Waals surface area contributed by atoms with Crippen LogP contribution in [-0.4, -0.2) is 77.5 Å². The minimum absolute atomic E-state index is 0.0375. The number of nitrogens with zero attached hydrogens (tertiary/aromatic N) is 2. The lowest BCUT2D eigenvalue weighted by Crippen LogP contribution is -2.42. The second kappa shape index (κ2) is 20.2. The molecule has 286 valence electrons. The van der Waals surface area contributed by atoms with E-state index in [0.29, 0.717) is 42.1 Å². The monoisotopic (exact) mass is 791 g/mol. The maximum absolute atomic E-state index is 13.5. The molecule has 53 heavy (non-hydrogen) atoms. The van der Waals surface area contributed by atoms with Crippen molar-refractivity contribution in [3.05, 3.63) is 94.1 Å². The second-order valence-electron chi connectivity index (χ2n) is 14.2. The van der Waals surface area contributed by atoms with Gasteiger partial charge in [-0.15, -0.1) is 0 Å². The van der Waals surface area contributed by atoms with Gasteiger partial charge in [-0.2, -0.15) is 0 Å². The lowest BCUT2D eigenvalue weighted by molar-refractivity contribution is -0.143. The summed E-state index contributed by atoms with van der Waals surface area (Å²) in [5, 5.41) is 13.3. The first-order valence-electron chi connectivity index (χ1n) is 18.6. The third kappa shape index (κ3) is 12.6. The van der Waals surface area contributed by atoms with E-state index in [1.54, 1.807) is 43.0 Å². The van der Waals surface area contributed by atoms with E-state index < -0.39 is 12.2 Å². The molecule has 4 rings (SSSR count). The Morgan fingerprint density at radius 3 is 2.55 bits per heavy atom.